The number of unbranched alkanes of at least 4 members (excludes halogenated alkanes) is 32. The van der Waals surface area contributed by atoms with Crippen molar-refractivity contribution in [2.24, 2.45) is 0 Å². The average molecular weight is 1050 g/mol. The maximum absolute atomic E-state index is 12.8. The number of nitrogens with zero attached hydrogens (tertiary/aromatic N) is 1. The Morgan fingerprint density at radius 3 is 1.16 bits per heavy atom. The molecule has 0 aliphatic carbocycles. The van der Waals surface area contributed by atoms with Crippen LogP contribution in [0.4, 0.5) is 0 Å². The summed E-state index contributed by atoms with van der Waals surface area (Å²) in [6.07, 6.45) is 70.3. The van der Waals surface area contributed by atoms with Crippen LogP contribution in [0.15, 0.2) is 60.8 Å². The minimum absolute atomic E-state index is 0.0337. The van der Waals surface area contributed by atoms with Gasteiger partial charge in [-0.15, -0.1) is 0 Å². The molecule has 0 aromatic heterocycles. The molecule has 2 atom stereocenters. The molecule has 0 spiro atoms. The van der Waals surface area contributed by atoms with Crippen LogP contribution < -0.4 is 0 Å². The lowest BCUT2D eigenvalue weighted by Gasteiger charge is -2.24. The fourth-order valence-corrected chi connectivity index (χ4v) is 9.37. The number of ether oxygens (including phenoxy) is 2. The number of hydrogen-bond donors (Lipinski definition) is 1. The summed E-state index contributed by atoms with van der Waals surface area (Å²) in [6, 6.07) is 0. The topological polar surface area (TPSA) is 108 Å². The maximum Gasteiger partial charge on any atom is 0.472 e. The van der Waals surface area contributed by atoms with Gasteiger partial charge >= 0.3 is 19.8 Å². The lowest BCUT2D eigenvalue weighted by molar-refractivity contribution is -0.870. The number of likely N-dealkylation sites (N-methyl/N-ethyl adjacent to an activating group) is 1. The number of phosphoric acid groups is 1. The molecule has 0 fully saturated rings. The quantitative estimate of drug-likeness (QED) is 0.0211. The van der Waals surface area contributed by atoms with Gasteiger partial charge in [-0.25, -0.2) is 4.57 Å². The van der Waals surface area contributed by atoms with Crippen molar-refractivity contribution < 1.29 is 42.1 Å². The Morgan fingerprint density at radius 2 is 0.781 bits per heavy atom. The molecule has 0 rings (SSSR count). The SMILES string of the molecule is CC/C=C\C/C=C\C/C=C\C/C=C\C/C=C\CCCCCCCCCCCCCCCCCCCCCCCC(=O)OC(COC(=O)CCCCCCCCCCCCCC)COP(=O)(O)OCC[N+](C)(C)C. The van der Waals surface area contributed by atoms with E-state index in [9.17, 15) is 19.0 Å². The summed E-state index contributed by atoms with van der Waals surface area (Å²) in [7, 11) is 1.49. The van der Waals surface area contributed by atoms with E-state index in [0.29, 0.717) is 23.9 Å². The van der Waals surface area contributed by atoms with Gasteiger partial charge in [-0.2, -0.15) is 0 Å². The molecule has 0 saturated heterocycles. The van der Waals surface area contributed by atoms with Gasteiger partial charge in [-0.1, -0.05) is 267 Å². The number of allylic oxidation sites excluding steroid dienone is 10. The zero-order valence-electron chi connectivity index (χ0n) is 48.4. The molecule has 1 N–H and O–H groups in total. The van der Waals surface area contributed by atoms with Crippen LogP contribution in [0.2, 0.25) is 0 Å². The Bertz CT molecular complexity index is 1420. The lowest BCUT2D eigenvalue weighted by atomic mass is 10.0. The minimum Gasteiger partial charge on any atom is -0.462 e. The van der Waals surface area contributed by atoms with Gasteiger partial charge in [0, 0.05) is 12.8 Å². The summed E-state index contributed by atoms with van der Waals surface area (Å²) in [6.45, 7) is 4.34. The Kier molecular flexibility index (Phi) is 52.8. The number of quaternary nitrogens is 1. The third kappa shape index (κ3) is 58.8. The highest BCUT2D eigenvalue weighted by Gasteiger charge is 2.27. The fraction of sp³-hybridized carbons (Fsp3) is 0.810. The summed E-state index contributed by atoms with van der Waals surface area (Å²) in [5, 5.41) is 0. The number of hydrogen-bond acceptors (Lipinski definition) is 7. The molecule has 2 unspecified atom stereocenters. The van der Waals surface area contributed by atoms with Crippen molar-refractivity contribution in [3.05, 3.63) is 60.8 Å². The van der Waals surface area contributed by atoms with Crippen LogP contribution in [-0.2, 0) is 32.7 Å². The Morgan fingerprint density at radius 1 is 0.438 bits per heavy atom. The van der Waals surface area contributed by atoms with Crippen LogP contribution in [-0.4, -0.2) is 74.9 Å². The summed E-state index contributed by atoms with van der Waals surface area (Å²) in [5.74, 6) is -0.785. The van der Waals surface area contributed by atoms with Crippen LogP contribution in [0.5, 0.6) is 0 Å². The molecule has 0 saturated carbocycles. The predicted octanol–water partition coefficient (Wildman–Crippen LogP) is 19.1. The number of carbonyl (C=O) groups is 2. The van der Waals surface area contributed by atoms with Crippen LogP contribution >= 0.6 is 7.82 Å². The number of esters is 2. The highest BCUT2D eigenvalue weighted by Crippen LogP contribution is 2.43. The van der Waals surface area contributed by atoms with Gasteiger partial charge in [0.2, 0.25) is 0 Å². The van der Waals surface area contributed by atoms with Crippen molar-refractivity contribution in [3.8, 4) is 0 Å². The first kappa shape index (κ1) is 70.7. The fourth-order valence-electron chi connectivity index (χ4n) is 8.63. The van der Waals surface area contributed by atoms with E-state index in [2.05, 4.69) is 74.6 Å². The van der Waals surface area contributed by atoms with E-state index in [0.717, 1.165) is 64.2 Å². The lowest BCUT2D eigenvalue weighted by Crippen LogP contribution is -2.37. The summed E-state index contributed by atoms with van der Waals surface area (Å²) in [5.41, 5.74) is 0. The summed E-state index contributed by atoms with van der Waals surface area (Å²) < 4.78 is 34.5. The molecule has 0 aliphatic rings. The zero-order valence-corrected chi connectivity index (χ0v) is 49.3. The first-order chi connectivity index (χ1) is 35.5. The molecule has 0 amide bonds. The first-order valence-corrected chi connectivity index (χ1v) is 32.0. The van der Waals surface area contributed by atoms with Gasteiger partial charge in [-0.3, -0.25) is 18.6 Å². The highest BCUT2D eigenvalue weighted by atomic mass is 31.2. The van der Waals surface area contributed by atoms with Crippen molar-refractivity contribution in [1.82, 2.24) is 0 Å². The highest BCUT2D eigenvalue weighted by molar-refractivity contribution is 7.47. The van der Waals surface area contributed by atoms with Crippen LogP contribution in [0, 0.1) is 0 Å². The van der Waals surface area contributed by atoms with Crippen LogP contribution in [0.25, 0.3) is 0 Å². The van der Waals surface area contributed by atoms with E-state index in [4.69, 9.17) is 18.5 Å². The van der Waals surface area contributed by atoms with E-state index in [1.165, 1.54) is 180 Å². The van der Waals surface area contributed by atoms with Crippen LogP contribution in [0.3, 0.4) is 0 Å². The van der Waals surface area contributed by atoms with Gasteiger partial charge in [0.05, 0.1) is 27.7 Å². The first-order valence-electron chi connectivity index (χ1n) is 30.5. The smallest absolute Gasteiger partial charge is 0.462 e. The summed E-state index contributed by atoms with van der Waals surface area (Å²) >= 11 is 0. The molecule has 0 radical (unpaired) electrons. The second-order valence-electron chi connectivity index (χ2n) is 21.7. The Balaban J connectivity index is 3.92. The molecule has 0 aromatic carbocycles. The van der Waals surface area contributed by atoms with Crippen molar-refractivity contribution in [2.45, 2.75) is 283 Å². The predicted molar refractivity (Wildman–Crippen MR) is 312 cm³/mol. The van der Waals surface area contributed by atoms with Crippen molar-refractivity contribution >= 4 is 19.8 Å². The second kappa shape index (κ2) is 54.5. The molecule has 0 bridgehead atoms. The van der Waals surface area contributed by atoms with Gasteiger partial charge in [0.25, 0.3) is 0 Å². The largest absolute Gasteiger partial charge is 0.472 e. The number of phosphoric ester groups is 1. The van der Waals surface area contributed by atoms with Crippen molar-refractivity contribution in [2.75, 3.05) is 47.5 Å². The number of carbonyl (C=O) groups excluding carboxylic acids is 2. The molecule has 0 aliphatic heterocycles. The van der Waals surface area contributed by atoms with Gasteiger partial charge in [0.15, 0.2) is 6.10 Å². The molecule has 0 aromatic rings. The zero-order chi connectivity index (χ0) is 53.5. The molecule has 9 nitrogen and oxygen atoms in total. The Labute approximate surface area is 451 Å². The van der Waals surface area contributed by atoms with Crippen LogP contribution in [0.1, 0.15) is 277 Å². The van der Waals surface area contributed by atoms with E-state index >= 15 is 0 Å². The van der Waals surface area contributed by atoms with Crippen molar-refractivity contribution in [3.63, 3.8) is 0 Å². The maximum atomic E-state index is 12.8. The van der Waals surface area contributed by atoms with E-state index in [-0.39, 0.29) is 25.6 Å². The Hall–Kier alpha value is -2.29. The van der Waals surface area contributed by atoms with Gasteiger partial charge in [0.1, 0.15) is 19.8 Å². The average Bonchev–Trinajstić information content (AvgIpc) is 3.35. The molecule has 10 heteroatoms. The third-order valence-corrected chi connectivity index (χ3v) is 14.3. The molecular formula is C63H117NO8P+. The molecule has 73 heavy (non-hydrogen) atoms. The molecule has 0 heterocycles. The third-order valence-electron chi connectivity index (χ3n) is 13.3. The van der Waals surface area contributed by atoms with Gasteiger partial charge < -0.3 is 18.9 Å². The van der Waals surface area contributed by atoms with Crippen molar-refractivity contribution in [1.29, 1.82) is 0 Å². The van der Waals surface area contributed by atoms with E-state index < -0.39 is 26.5 Å². The summed E-state index contributed by atoms with van der Waals surface area (Å²) in [4.78, 5) is 35.6. The number of rotatable bonds is 56. The normalized spacial score (nSPS) is 13.7. The van der Waals surface area contributed by atoms with E-state index in [1.54, 1.807) is 0 Å². The minimum atomic E-state index is -4.38. The standard InChI is InChI=1S/C63H116NO8P/c1-6-8-10-12-14-16-18-20-21-22-23-24-25-26-27-28-29-30-31-32-33-34-35-36-37-38-39-40-41-42-43-44-46-48-50-52-54-56-63(66)72-61(60-71-73(67,68)70-58-57-64(3,4)5)59-69-62(65)55-53-51-49-47-45-19-17-15-13-11-9-7-2/h8,10,14,16,20-21,23-24,26-27,61H,6-7,9,11-13,15,17-19,22,25,28-60H2,1-5H3/p+1/b10-8-,16-14-,21-20-,24-23-,27-26-. The molecular weight excluding hydrogens is 930 g/mol. The second-order valence-corrected chi connectivity index (χ2v) is 23.2. The molecule has 426 valence electrons. The van der Waals surface area contributed by atoms with Gasteiger partial charge in [-0.05, 0) is 57.8 Å². The monoisotopic (exact) mass is 1050 g/mol. The van der Waals surface area contributed by atoms with E-state index in [1.807, 2.05) is 21.1 Å².